The molecule has 4 rings (SSSR count). The standard InChI is InChI=1S/C18H11FN4O5S/c1-22-16(27-9-24)8-21-18(22)15-7-12-17(29-15)14(4-5-20-12)28-13-3-2-10(23(25)26)6-11(13)19/h2-9H,1H3. The predicted octanol–water partition coefficient (Wildman–Crippen LogP) is 4.07. The second kappa shape index (κ2) is 7.28. The molecule has 0 unspecified atom stereocenters. The Morgan fingerprint density at radius 1 is 1.24 bits per heavy atom. The summed E-state index contributed by atoms with van der Waals surface area (Å²) in [7, 11) is 1.70. The first-order chi connectivity index (χ1) is 14.0. The lowest BCUT2D eigenvalue weighted by atomic mass is 10.3. The minimum Gasteiger partial charge on any atom is -0.453 e. The second-order valence-corrected chi connectivity index (χ2v) is 6.85. The van der Waals surface area contributed by atoms with Crippen molar-refractivity contribution in [3.8, 4) is 28.1 Å². The zero-order chi connectivity index (χ0) is 20.5. The Morgan fingerprint density at radius 2 is 2.07 bits per heavy atom. The lowest BCUT2D eigenvalue weighted by Crippen LogP contribution is -1.97. The van der Waals surface area contributed by atoms with E-state index in [-0.39, 0.29) is 17.3 Å². The number of nitro benzene ring substituents is 1. The summed E-state index contributed by atoms with van der Waals surface area (Å²) < 4.78 is 26.9. The van der Waals surface area contributed by atoms with Crippen LogP contribution in [0.4, 0.5) is 10.1 Å². The van der Waals surface area contributed by atoms with Gasteiger partial charge in [0.1, 0.15) is 5.75 Å². The van der Waals surface area contributed by atoms with Crippen LogP contribution in [0.25, 0.3) is 20.9 Å². The lowest BCUT2D eigenvalue weighted by Gasteiger charge is -2.07. The molecule has 0 saturated carbocycles. The van der Waals surface area contributed by atoms with Crippen LogP contribution in [0.2, 0.25) is 0 Å². The van der Waals surface area contributed by atoms with Gasteiger partial charge in [-0.3, -0.25) is 24.5 Å². The van der Waals surface area contributed by atoms with E-state index in [9.17, 15) is 19.3 Å². The van der Waals surface area contributed by atoms with Gasteiger partial charge in [-0.2, -0.15) is 0 Å². The number of nitrogens with zero attached hydrogens (tertiary/aromatic N) is 4. The quantitative estimate of drug-likeness (QED) is 0.266. The minimum atomic E-state index is -0.847. The molecule has 0 radical (unpaired) electrons. The van der Waals surface area contributed by atoms with Crippen LogP contribution in [-0.2, 0) is 11.8 Å². The zero-order valence-corrected chi connectivity index (χ0v) is 15.6. The van der Waals surface area contributed by atoms with E-state index in [1.807, 2.05) is 0 Å². The normalized spacial score (nSPS) is 10.8. The highest BCUT2D eigenvalue weighted by molar-refractivity contribution is 7.22. The Labute approximate surface area is 166 Å². The SMILES string of the molecule is Cn1c(OC=O)cnc1-c1cc2nccc(Oc3ccc([N+](=O)[O-])cc3F)c2s1. The smallest absolute Gasteiger partial charge is 0.299 e. The van der Waals surface area contributed by atoms with Crippen LogP contribution in [0.3, 0.4) is 0 Å². The van der Waals surface area contributed by atoms with Crippen LogP contribution in [0.1, 0.15) is 0 Å². The van der Waals surface area contributed by atoms with E-state index in [1.54, 1.807) is 23.7 Å². The molecule has 0 amide bonds. The molecule has 9 nitrogen and oxygen atoms in total. The van der Waals surface area contributed by atoms with Crippen molar-refractivity contribution in [2.24, 2.45) is 7.05 Å². The summed E-state index contributed by atoms with van der Waals surface area (Å²) in [6, 6.07) is 6.53. The summed E-state index contributed by atoms with van der Waals surface area (Å²) >= 11 is 1.31. The molecule has 3 heterocycles. The fourth-order valence-electron chi connectivity index (χ4n) is 2.69. The van der Waals surface area contributed by atoms with Crippen LogP contribution in [0.15, 0.2) is 42.7 Å². The number of fused-ring (bicyclic) bond motifs is 1. The molecule has 11 heteroatoms. The van der Waals surface area contributed by atoms with Gasteiger partial charge in [-0.05, 0) is 12.1 Å². The first-order valence-electron chi connectivity index (χ1n) is 8.10. The summed E-state index contributed by atoms with van der Waals surface area (Å²) in [5.41, 5.74) is 0.238. The number of imidazole rings is 1. The molecule has 1 aromatic carbocycles. The van der Waals surface area contributed by atoms with Crippen LogP contribution < -0.4 is 9.47 Å². The van der Waals surface area contributed by atoms with Gasteiger partial charge in [0.2, 0.25) is 5.88 Å². The van der Waals surface area contributed by atoms with Crippen molar-refractivity contribution in [1.29, 1.82) is 0 Å². The van der Waals surface area contributed by atoms with Crippen molar-refractivity contribution < 1.29 is 23.6 Å². The van der Waals surface area contributed by atoms with Crippen molar-refractivity contribution in [2.75, 3.05) is 0 Å². The van der Waals surface area contributed by atoms with Gasteiger partial charge in [-0.25, -0.2) is 9.37 Å². The topological polar surface area (TPSA) is 109 Å². The van der Waals surface area contributed by atoms with Gasteiger partial charge in [0.05, 0.1) is 32.3 Å². The largest absolute Gasteiger partial charge is 0.453 e. The van der Waals surface area contributed by atoms with Crippen LogP contribution >= 0.6 is 11.3 Å². The monoisotopic (exact) mass is 414 g/mol. The Bertz CT molecular complexity index is 1250. The van der Waals surface area contributed by atoms with E-state index < -0.39 is 10.7 Å². The van der Waals surface area contributed by atoms with Gasteiger partial charge in [0.25, 0.3) is 12.2 Å². The average Bonchev–Trinajstić information content (AvgIpc) is 3.28. The molecule has 4 aromatic rings. The minimum absolute atomic E-state index is 0.142. The summed E-state index contributed by atoms with van der Waals surface area (Å²) in [6.07, 6.45) is 2.93. The highest BCUT2D eigenvalue weighted by atomic mass is 32.1. The maximum atomic E-state index is 14.2. The number of aromatic nitrogens is 3. The molecule has 0 aliphatic heterocycles. The third kappa shape index (κ3) is 3.38. The van der Waals surface area contributed by atoms with Crippen molar-refractivity contribution in [3.63, 3.8) is 0 Å². The Kier molecular flexibility index (Phi) is 4.64. The van der Waals surface area contributed by atoms with Gasteiger partial charge in [0, 0.05) is 25.4 Å². The van der Waals surface area contributed by atoms with Crippen molar-refractivity contribution >= 4 is 33.7 Å². The van der Waals surface area contributed by atoms with Crippen LogP contribution in [-0.4, -0.2) is 25.9 Å². The molecule has 0 saturated heterocycles. The number of hydrogen-bond acceptors (Lipinski definition) is 8. The number of halogens is 1. The van der Waals surface area contributed by atoms with Crippen molar-refractivity contribution in [3.05, 3.63) is 58.7 Å². The number of hydrogen-bond donors (Lipinski definition) is 0. The third-order valence-electron chi connectivity index (χ3n) is 4.06. The average molecular weight is 414 g/mol. The van der Waals surface area contributed by atoms with E-state index >= 15 is 0 Å². The number of benzene rings is 1. The van der Waals surface area contributed by atoms with Gasteiger partial charge in [-0.15, -0.1) is 11.3 Å². The molecule has 0 fully saturated rings. The Hall–Kier alpha value is -3.86. The maximum Gasteiger partial charge on any atom is 0.299 e. The highest BCUT2D eigenvalue weighted by Crippen LogP contribution is 2.39. The number of carbonyl (C=O) groups is 1. The fraction of sp³-hybridized carbons (Fsp3) is 0.0556. The van der Waals surface area contributed by atoms with Gasteiger partial charge in [-0.1, -0.05) is 0 Å². The lowest BCUT2D eigenvalue weighted by molar-refractivity contribution is -0.385. The summed E-state index contributed by atoms with van der Waals surface area (Å²) in [5, 5.41) is 10.8. The summed E-state index contributed by atoms with van der Waals surface area (Å²) in [6.45, 7) is 0.317. The second-order valence-electron chi connectivity index (χ2n) is 5.80. The molecule has 146 valence electrons. The summed E-state index contributed by atoms with van der Waals surface area (Å²) in [5.74, 6) is 0.192. The number of pyridine rings is 1. The third-order valence-corrected chi connectivity index (χ3v) is 5.19. The Morgan fingerprint density at radius 3 is 2.79 bits per heavy atom. The molecule has 0 aliphatic rings. The predicted molar refractivity (Wildman–Crippen MR) is 102 cm³/mol. The van der Waals surface area contributed by atoms with E-state index in [1.165, 1.54) is 35.9 Å². The van der Waals surface area contributed by atoms with E-state index in [2.05, 4.69) is 9.97 Å². The number of thiophene rings is 1. The first kappa shape index (κ1) is 18.5. The summed E-state index contributed by atoms with van der Waals surface area (Å²) in [4.78, 5) is 29.9. The van der Waals surface area contributed by atoms with Gasteiger partial charge < -0.3 is 9.47 Å². The van der Waals surface area contributed by atoms with Gasteiger partial charge in [0.15, 0.2) is 17.4 Å². The van der Waals surface area contributed by atoms with Gasteiger partial charge >= 0.3 is 0 Å². The molecule has 0 N–H and O–H groups in total. The molecule has 0 bridgehead atoms. The molecule has 0 aliphatic carbocycles. The van der Waals surface area contributed by atoms with Crippen LogP contribution in [0, 0.1) is 15.9 Å². The molecular formula is C18H11FN4O5S. The number of ether oxygens (including phenoxy) is 2. The highest BCUT2D eigenvalue weighted by Gasteiger charge is 2.17. The molecule has 29 heavy (non-hydrogen) atoms. The van der Waals surface area contributed by atoms with Crippen LogP contribution in [0.5, 0.6) is 17.4 Å². The van der Waals surface area contributed by atoms with E-state index in [0.717, 1.165) is 10.9 Å². The molecular weight excluding hydrogens is 403 g/mol. The fourth-order valence-corrected chi connectivity index (χ4v) is 3.79. The first-order valence-corrected chi connectivity index (χ1v) is 8.92. The molecule has 0 atom stereocenters. The molecule has 3 aromatic heterocycles. The van der Waals surface area contributed by atoms with E-state index in [0.29, 0.717) is 28.3 Å². The number of non-ortho nitro benzene ring substituents is 1. The number of nitro groups is 1. The van der Waals surface area contributed by atoms with Crippen molar-refractivity contribution in [2.45, 2.75) is 0 Å². The molecule has 0 spiro atoms. The Balaban J connectivity index is 1.72. The number of rotatable bonds is 6. The zero-order valence-electron chi connectivity index (χ0n) is 14.7. The number of carbonyl (C=O) groups excluding carboxylic acids is 1. The van der Waals surface area contributed by atoms with Crippen molar-refractivity contribution in [1.82, 2.24) is 14.5 Å². The maximum absolute atomic E-state index is 14.2. The van der Waals surface area contributed by atoms with E-state index in [4.69, 9.17) is 9.47 Å².